The zero-order valence-corrected chi connectivity index (χ0v) is 9.51. The van der Waals surface area contributed by atoms with E-state index in [4.69, 9.17) is 4.42 Å². The van der Waals surface area contributed by atoms with Gasteiger partial charge in [-0.2, -0.15) is 0 Å². The molecule has 1 aliphatic rings. The lowest BCUT2D eigenvalue weighted by Gasteiger charge is -2.09. The quantitative estimate of drug-likeness (QED) is 0.775. The Labute approximate surface area is 96.2 Å². The van der Waals surface area contributed by atoms with Crippen molar-refractivity contribution in [3.05, 3.63) is 18.4 Å². The van der Waals surface area contributed by atoms with Gasteiger partial charge in [0.05, 0.1) is 12.4 Å². The van der Waals surface area contributed by atoms with E-state index in [0.717, 1.165) is 18.8 Å². The lowest BCUT2D eigenvalue weighted by molar-refractivity contribution is 0.222. The Morgan fingerprint density at radius 3 is 3.00 bits per heavy atom. The first-order valence-corrected chi connectivity index (χ1v) is 6.10. The maximum absolute atomic E-state index is 9.72. The predicted molar refractivity (Wildman–Crippen MR) is 64.1 cm³/mol. The molecule has 88 valence electrons. The van der Waals surface area contributed by atoms with Gasteiger partial charge in [0.2, 0.25) is 5.88 Å². The molecule has 1 saturated carbocycles. The normalized spacial score (nSPS) is 19.6. The van der Waals surface area contributed by atoms with Gasteiger partial charge in [0.15, 0.2) is 0 Å². The van der Waals surface area contributed by atoms with Crippen molar-refractivity contribution in [1.29, 1.82) is 0 Å². The first-order chi connectivity index (χ1) is 7.84. The average Bonchev–Trinajstić information content (AvgIpc) is 2.96. The summed E-state index contributed by atoms with van der Waals surface area (Å²) in [5.41, 5.74) is 0. The van der Waals surface area contributed by atoms with E-state index in [-0.39, 0.29) is 0 Å². The number of aliphatic hydroxyl groups excluding tert-OH is 1. The second kappa shape index (κ2) is 5.85. The van der Waals surface area contributed by atoms with Gasteiger partial charge in [0.1, 0.15) is 0 Å². The molecule has 2 rings (SSSR count). The van der Waals surface area contributed by atoms with E-state index in [1.54, 1.807) is 24.6 Å². The standard InChI is InChI=1S/C13H19NO2/c15-12(8-7-11-4-1-2-5-11)10-14-13-6-3-9-16-13/h3,6,9-12,15H,1-2,4-5,7-8H2/b14-10+. The van der Waals surface area contributed by atoms with E-state index in [2.05, 4.69) is 4.99 Å². The lowest BCUT2D eigenvalue weighted by atomic mass is 10.00. The van der Waals surface area contributed by atoms with Crippen molar-refractivity contribution in [1.82, 2.24) is 0 Å². The molecular weight excluding hydrogens is 202 g/mol. The molecule has 16 heavy (non-hydrogen) atoms. The van der Waals surface area contributed by atoms with E-state index < -0.39 is 6.10 Å². The van der Waals surface area contributed by atoms with Gasteiger partial charge < -0.3 is 9.52 Å². The van der Waals surface area contributed by atoms with Crippen molar-refractivity contribution in [2.24, 2.45) is 10.9 Å². The van der Waals surface area contributed by atoms with Crippen molar-refractivity contribution in [2.75, 3.05) is 0 Å². The number of hydrogen-bond acceptors (Lipinski definition) is 3. The minimum absolute atomic E-state index is 0.439. The highest BCUT2D eigenvalue weighted by atomic mass is 16.3. The van der Waals surface area contributed by atoms with Crippen LogP contribution in [0.5, 0.6) is 0 Å². The van der Waals surface area contributed by atoms with Gasteiger partial charge in [-0.05, 0) is 24.8 Å². The number of nitrogens with zero attached hydrogens (tertiary/aromatic N) is 1. The average molecular weight is 221 g/mol. The summed E-state index contributed by atoms with van der Waals surface area (Å²) in [4.78, 5) is 4.07. The molecule has 1 aromatic heterocycles. The zero-order valence-electron chi connectivity index (χ0n) is 9.51. The van der Waals surface area contributed by atoms with Crippen LogP contribution in [0.3, 0.4) is 0 Å². The summed E-state index contributed by atoms with van der Waals surface area (Å²) in [5.74, 6) is 1.38. The molecule has 1 fully saturated rings. The second-order valence-electron chi connectivity index (χ2n) is 4.52. The largest absolute Gasteiger partial charge is 0.447 e. The summed E-state index contributed by atoms with van der Waals surface area (Å²) >= 11 is 0. The Bertz CT molecular complexity index is 313. The van der Waals surface area contributed by atoms with Crippen LogP contribution in [0.1, 0.15) is 38.5 Å². The van der Waals surface area contributed by atoms with E-state index in [1.165, 1.54) is 25.7 Å². The van der Waals surface area contributed by atoms with E-state index in [1.807, 2.05) is 0 Å². The van der Waals surface area contributed by atoms with Crippen LogP contribution in [-0.2, 0) is 0 Å². The van der Waals surface area contributed by atoms with Crippen LogP contribution < -0.4 is 0 Å². The van der Waals surface area contributed by atoms with Crippen molar-refractivity contribution < 1.29 is 9.52 Å². The number of hydrogen-bond donors (Lipinski definition) is 1. The van der Waals surface area contributed by atoms with E-state index >= 15 is 0 Å². The molecule has 1 atom stereocenters. The molecule has 0 radical (unpaired) electrons. The first-order valence-electron chi connectivity index (χ1n) is 6.10. The van der Waals surface area contributed by atoms with Gasteiger partial charge >= 0.3 is 0 Å². The fourth-order valence-corrected chi connectivity index (χ4v) is 2.28. The van der Waals surface area contributed by atoms with E-state index in [9.17, 15) is 5.11 Å². The molecule has 0 bridgehead atoms. The maximum atomic E-state index is 9.72. The highest BCUT2D eigenvalue weighted by Gasteiger charge is 2.15. The van der Waals surface area contributed by atoms with Crippen LogP contribution in [0.4, 0.5) is 5.88 Å². The monoisotopic (exact) mass is 221 g/mol. The van der Waals surface area contributed by atoms with Gasteiger partial charge in [-0.3, -0.25) is 0 Å². The molecule has 1 aliphatic carbocycles. The Morgan fingerprint density at radius 1 is 1.50 bits per heavy atom. The number of rotatable bonds is 5. The summed E-state index contributed by atoms with van der Waals surface area (Å²) in [5, 5.41) is 9.72. The SMILES string of the molecule is OC(/C=N/c1ccco1)CCC1CCCC1. The minimum atomic E-state index is -0.439. The lowest BCUT2D eigenvalue weighted by Crippen LogP contribution is -2.09. The molecule has 3 nitrogen and oxygen atoms in total. The topological polar surface area (TPSA) is 45.7 Å². The fourth-order valence-electron chi connectivity index (χ4n) is 2.28. The molecule has 3 heteroatoms. The van der Waals surface area contributed by atoms with Gasteiger partial charge in [0.25, 0.3) is 0 Å². The summed E-state index contributed by atoms with van der Waals surface area (Å²) in [6, 6.07) is 3.57. The van der Waals surface area contributed by atoms with Crippen molar-refractivity contribution in [3.63, 3.8) is 0 Å². The second-order valence-corrected chi connectivity index (χ2v) is 4.52. The highest BCUT2D eigenvalue weighted by Crippen LogP contribution is 2.28. The van der Waals surface area contributed by atoms with Crippen LogP contribution in [0.2, 0.25) is 0 Å². The third-order valence-corrected chi connectivity index (χ3v) is 3.23. The van der Waals surface area contributed by atoms with Gasteiger partial charge in [-0.15, -0.1) is 0 Å². The third-order valence-electron chi connectivity index (χ3n) is 3.23. The first kappa shape index (κ1) is 11.4. The van der Waals surface area contributed by atoms with Gasteiger partial charge in [-0.25, -0.2) is 4.99 Å². The summed E-state index contributed by atoms with van der Waals surface area (Å²) < 4.78 is 5.05. The molecule has 0 saturated heterocycles. The van der Waals surface area contributed by atoms with Crippen molar-refractivity contribution in [3.8, 4) is 0 Å². The molecule has 0 aromatic carbocycles. The Hall–Kier alpha value is -1.09. The smallest absolute Gasteiger partial charge is 0.218 e. The summed E-state index contributed by atoms with van der Waals surface area (Å²) in [7, 11) is 0. The van der Waals surface area contributed by atoms with Gasteiger partial charge in [0, 0.05) is 12.3 Å². The van der Waals surface area contributed by atoms with E-state index in [0.29, 0.717) is 5.88 Å². The maximum Gasteiger partial charge on any atom is 0.218 e. The molecular formula is C13H19NO2. The van der Waals surface area contributed by atoms with Crippen LogP contribution >= 0.6 is 0 Å². The van der Waals surface area contributed by atoms with Crippen LogP contribution in [0.15, 0.2) is 27.8 Å². The Balaban J connectivity index is 1.69. The molecule has 0 spiro atoms. The van der Waals surface area contributed by atoms with Crippen LogP contribution in [0.25, 0.3) is 0 Å². The minimum Gasteiger partial charge on any atom is -0.447 e. The third kappa shape index (κ3) is 3.49. The highest BCUT2D eigenvalue weighted by molar-refractivity contribution is 5.65. The number of aliphatic hydroxyl groups is 1. The molecule has 1 unspecified atom stereocenters. The molecule has 1 heterocycles. The molecule has 0 amide bonds. The summed E-state index contributed by atoms with van der Waals surface area (Å²) in [6.45, 7) is 0. The Morgan fingerprint density at radius 2 is 2.31 bits per heavy atom. The Kier molecular flexibility index (Phi) is 4.17. The van der Waals surface area contributed by atoms with Crippen LogP contribution in [-0.4, -0.2) is 17.4 Å². The van der Waals surface area contributed by atoms with Crippen LogP contribution in [0, 0.1) is 5.92 Å². The molecule has 1 aromatic rings. The number of furan rings is 1. The van der Waals surface area contributed by atoms with Crippen molar-refractivity contribution in [2.45, 2.75) is 44.6 Å². The predicted octanol–water partition coefficient (Wildman–Crippen LogP) is 3.31. The number of aliphatic imine (C=N–C) groups is 1. The molecule has 1 N–H and O–H groups in total. The fraction of sp³-hybridized carbons (Fsp3) is 0.615. The molecule has 0 aliphatic heterocycles. The van der Waals surface area contributed by atoms with Crippen molar-refractivity contribution >= 4 is 12.1 Å². The zero-order chi connectivity index (χ0) is 11.2. The van der Waals surface area contributed by atoms with Gasteiger partial charge in [-0.1, -0.05) is 25.7 Å². The summed E-state index contributed by atoms with van der Waals surface area (Å²) in [6.07, 6.45) is 10.0.